The Morgan fingerprint density at radius 3 is 2.56 bits per heavy atom. The van der Waals surface area contributed by atoms with Crippen molar-refractivity contribution >= 4 is 16.6 Å². The molecule has 0 saturated carbocycles. The number of halogens is 3. The van der Waals surface area contributed by atoms with Crippen LogP contribution in [-0.2, 0) is 0 Å². The number of aromatic nitrogens is 1. The molecule has 1 atom stereocenters. The summed E-state index contributed by atoms with van der Waals surface area (Å²) in [6.45, 7) is 3.96. The normalized spacial score (nSPS) is 17.5. The molecule has 0 spiro atoms. The molecule has 1 fully saturated rings. The maximum absolute atomic E-state index is 14.7. The van der Waals surface area contributed by atoms with Crippen molar-refractivity contribution in [3.63, 3.8) is 0 Å². The number of hydrogen-bond acceptors (Lipinski definition) is 3. The highest BCUT2D eigenvalue weighted by Crippen LogP contribution is 2.28. The van der Waals surface area contributed by atoms with Crippen molar-refractivity contribution in [2.45, 2.75) is 13.0 Å². The molecule has 1 N–H and O–H groups in total. The Bertz CT molecular complexity index is 1080. The number of nitrogens with one attached hydrogen (secondary N) is 1. The lowest BCUT2D eigenvalue weighted by Crippen LogP contribution is -2.49. The fourth-order valence-electron chi connectivity index (χ4n) is 3.54. The average molecular weight is 373 g/mol. The fraction of sp³-hybridized carbons (Fsp3) is 0.250. The molecule has 0 aliphatic carbocycles. The van der Waals surface area contributed by atoms with Crippen LogP contribution < -0.4 is 15.6 Å². The largest absolute Gasteiger partial charge is 0.366 e. The zero-order valence-corrected chi connectivity index (χ0v) is 14.7. The van der Waals surface area contributed by atoms with Crippen molar-refractivity contribution in [3.05, 3.63) is 70.3 Å². The van der Waals surface area contributed by atoms with Crippen LogP contribution in [0.15, 0.2) is 47.4 Å². The van der Waals surface area contributed by atoms with E-state index in [1.54, 1.807) is 6.07 Å². The molecule has 0 amide bonds. The van der Waals surface area contributed by atoms with Crippen LogP contribution in [0.25, 0.3) is 16.6 Å². The van der Waals surface area contributed by atoms with Crippen molar-refractivity contribution < 1.29 is 13.2 Å². The Hall–Kier alpha value is -2.80. The van der Waals surface area contributed by atoms with Crippen molar-refractivity contribution in [1.82, 2.24) is 9.88 Å². The van der Waals surface area contributed by atoms with E-state index in [4.69, 9.17) is 0 Å². The van der Waals surface area contributed by atoms with Crippen LogP contribution >= 0.6 is 0 Å². The van der Waals surface area contributed by atoms with E-state index in [0.717, 1.165) is 12.1 Å². The van der Waals surface area contributed by atoms with E-state index in [1.165, 1.54) is 29.0 Å². The third-order valence-corrected chi connectivity index (χ3v) is 4.84. The van der Waals surface area contributed by atoms with Crippen LogP contribution in [0.2, 0.25) is 0 Å². The van der Waals surface area contributed by atoms with Crippen LogP contribution in [0, 0.1) is 17.5 Å². The first-order chi connectivity index (χ1) is 12.9. The van der Waals surface area contributed by atoms with Gasteiger partial charge in [-0.2, -0.15) is 0 Å². The van der Waals surface area contributed by atoms with E-state index in [9.17, 15) is 18.0 Å². The van der Waals surface area contributed by atoms with Gasteiger partial charge < -0.3 is 14.8 Å². The maximum Gasteiger partial charge on any atom is 0.189 e. The van der Waals surface area contributed by atoms with Crippen molar-refractivity contribution in [1.29, 1.82) is 0 Å². The highest BCUT2D eigenvalue weighted by Gasteiger charge is 2.21. The maximum atomic E-state index is 14.7. The summed E-state index contributed by atoms with van der Waals surface area (Å²) in [6.07, 6.45) is 1.42. The van der Waals surface area contributed by atoms with E-state index >= 15 is 0 Å². The Morgan fingerprint density at radius 1 is 1.04 bits per heavy atom. The molecular formula is C20H18F3N3O. The minimum absolute atomic E-state index is 0.0904. The molecule has 0 radical (unpaired) electrons. The molecule has 2 aromatic carbocycles. The number of nitrogens with zero attached hydrogens (tertiary/aromatic N) is 2. The van der Waals surface area contributed by atoms with E-state index in [2.05, 4.69) is 5.32 Å². The summed E-state index contributed by atoms with van der Waals surface area (Å²) in [5.41, 5.74) is 0.462. The number of piperazine rings is 1. The lowest BCUT2D eigenvalue weighted by atomic mass is 10.1. The third-order valence-electron chi connectivity index (χ3n) is 4.84. The number of anilines is 1. The Labute approximate surface area is 153 Å². The zero-order chi connectivity index (χ0) is 19.1. The number of benzene rings is 2. The minimum atomic E-state index is -0.762. The predicted octanol–water partition coefficient (Wildman–Crippen LogP) is 3.21. The summed E-state index contributed by atoms with van der Waals surface area (Å²) in [6, 6.07) is 7.42. The number of hydrogen-bond donors (Lipinski definition) is 1. The Balaban J connectivity index is 1.94. The Kier molecular flexibility index (Phi) is 4.39. The van der Waals surface area contributed by atoms with Gasteiger partial charge in [0.2, 0.25) is 0 Å². The summed E-state index contributed by atoms with van der Waals surface area (Å²) in [4.78, 5) is 14.1. The molecule has 2 heterocycles. The van der Waals surface area contributed by atoms with Crippen molar-refractivity contribution in [2.75, 3.05) is 24.5 Å². The second-order valence-electron chi connectivity index (χ2n) is 6.77. The topological polar surface area (TPSA) is 37.3 Å². The Morgan fingerprint density at radius 2 is 1.81 bits per heavy atom. The lowest BCUT2D eigenvalue weighted by Gasteiger charge is -2.34. The molecule has 0 bridgehead atoms. The van der Waals surface area contributed by atoms with E-state index in [1.807, 2.05) is 11.8 Å². The first-order valence-electron chi connectivity index (χ1n) is 8.73. The van der Waals surface area contributed by atoms with Crippen LogP contribution in [-0.4, -0.2) is 30.2 Å². The molecule has 1 aromatic heterocycles. The summed E-state index contributed by atoms with van der Waals surface area (Å²) < 4.78 is 43.8. The summed E-state index contributed by atoms with van der Waals surface area (Å²) in [5, 5.41) is 3.44. The minimum Gasteiger partial charge on any atom is -0.366 e. The second kappa shape index (κ2) is 6.74. The number of pyridine rings is 1. The van der Waals surface area contributed by atoms with Crippen LogP contribution in [0.3, 0.4) is 0 Å². The molecule has 1 aliphatic rings. The monoisotopic (exact) mass is 373 g/mol. The van der Waals surface area contributed by atoms with Gasteiger partial charge in [-0.25, -0.2) is 13.2 Å². The lowest BCUT2D eigenvalue weighted by molar-refractivity contribution is 0.479. The number of rotatable bonds is 2. The molecular weight excluding hydrogens is 355 g/mol. The van der Waals surface area contributed by atoms with Gasteiger partial charge in [0.25, 0.3) is 0 Å². The molecule has 3 aromatic rings. The number of fused-ring (bicyclic) bond motifs is 1. The van der Waals surface area contributed by atoms with Gasteiger partial charge in [0.1, 0.15) is 17.5 Å². The SMILES string of the molecule is C[C@@H]1CN(c2cc3c(cc2F)c(=O)ccn3-c2ccc(F)cc2F)CCN1. The van der Waals surface area contributed by atoms with Gasteiger partial charge in [0.05, 0.1) is 16.9 Å². The van der Waals surface area contributed by atoms with Gasteiger partial charge in [-0.05, 0) is 31.2 Å². The highest BCUT2D eigenvalue weighted by molar-refractivity contribution is 5.84. The molecule has 27 heavy (non-hydrogen) atoms. The summed E-state index contributed by atoms with van der Waals surface area (Å²) in [5.74, 6) is -1.95. The van der Waals surface area contributed by atoms with E-state index in [0.29, 0.717) is 30.8 Å². The van der Waals surface area contributed by atoms with Crippen molar-refractivity contribution in [3.8, 4) is 5.69 Å². The molecule has 1 aliphatic heterocycles. The van der Waals surface area contributed by atoms with E-state index in [-0.39, 0.29) is 22.5 Å². The van der Waals surface area contributed by atoms with Gasteiger partial charge in [-0.1, -0.05) is 0 Å². The molecule has 0 unspecified atom stereocenters. The van der Waals surface area contributed by atoms with Crippen LogP contribution in [0.4, 0.5) is 18.9 Å². The summed E-state index contributed by atoms with van der Waals surface area (Å²) in [7, 11) is 0. The molecule has 4 rings (SSSR count). The molecule has 7 heteroatoms. The van der Waals surface area contributed by atoms with E-state index < -0.39 is 17.5 Å². The standard InChI is InChI=1S/C20H18F3N3O/c1-12-11-25(7-5-24-12)19-10-18-14(9-16(19)23)20(27)4-6-26(18)17-3-2-13(21)8-15(17)22/h2-4,6,8-10,12,24H,5,7,11H2,1H3/t12-/m1/s1. The molecule has 4 nitrogen and oxygen atoms in total. The van der Waals surface area contributed by atoms with Gasteiger partial charge >= 0.3 is 0 Å². The van der Waals surface area contributed by atoms with Crippen LogP contribution in [0.1, 0.15) is 6.92 Å². The third kappa shape index (κ3) is 3.19. The second-order valence-corrected chi connectivity index (χ2v) is 6.77. The van der Waals surface area contributed by atoms with Gasteiger partial charge in [0, 0.05) is 49.4 Å². The van der Waals surface area contributed by atoms with Crippen LogP contribution in [0.5, 0.6) is 0 Å². The fourth-order valence-corrected chi connectivity index (χ4v) is 3.54. The zero-order valence-electron chi connectivity index (χ0n) is 14.7. The van der Waals surface area contributed by atoms with Gasteiger partial charge in [-0.15, -0.1) is 0 Å². The molecule has 140 valence electrons. The summed E-state index contributed by atoms with van der Waals surface area (Å²) >= 11 is 0. The quantitative estimate of drug-likeness (QED) is 0.750. The predicted molar refractivity (Wildman–Crippen MR) is 99.1 cm³/mol. The van der Waals surface area contributed by atoms with Gasteiger partial charge in [0.15, 0.2) is 5.43 Å². The smallest absolute Gasteiger partial charge is 0.189 e. The first kappa shape index (κ1) is 17.6. The molecule has 1 saturated heterocycles. The first-order valence-corrected chi connectivity index (χ1v) is 8.73. The average Bonchev–Trinajstić information content (AvgIpc) is 2.63. The van der Waals surface area contributed by atoms with Crippen molar-refractivity contribution in [2.24, 2.45) is 0 Å². The van der Waals surface area contributed by atoms with Gasteiger partial charge in [-0.3, -0.25) is 4.79 Å². The highest BCUT2D eigenvalue weighted by atomic mass is 19.1.